The molecule has 0 saturated carbocycles. The normalized spacial score (nSPS) is 11.6. The molecule has 0 atom stereocenters. The van der Waals surface area contributed by atoms with Gasteiger partial charge in [-0.1, -0.05) is 200 Å². The third-order valence-electron chi connectivity index (χ3n) is 13.2. The Hall–Kier alpha value is -8.99. The van der Waals surface area contributed by atoms with Crippen LogP contribution in [0, 0.1) is 0 Å². The van der Waals surface area contributed by atoms with Crippen molar-refractivity contribution in [2.45, 2.75) is 0 Å². The summed E-state index contributed by atoms with van der Waals surface area (Å²) in [6, 6.07) is 86.7. The minimum atomic E-state index is 0.620. The fraction of sp³-hybridized carbons (Fsp3) is 0. The lowest BCUT2D eigenvalue weighted by Crippen LogP contribution is -2.02. The molecule has 11 aromatic carbocycles. The molecule has 0 aliphatic carbocycles. The van der Waals surface area contributed by atoms with Crippen LogP contribution in [-0.4, -0.2) is 19.5 Å². The van der Waals surface area contributed by atoms with Crippen LogP contribution in [0.15, 0.2) is 243 Å². The average molecular weight is 853 g/mol. The molecule has 13 aromatic rings. The molecule has 67 heavy (non-hydrogen) atoms. The number of fused-ring (bicyclic) bond motifs is 6. The van der Waals surface area contributed by atoms with E-state index in [0.717, 1.165) is 66.1 Å². The van der Waals surface area contributed by atoms with E-state index in [9.17, 15) is 0 Å². The fourth-order valence-corrected chi connectivity index (χ4v) is 10.0. The van der Waals surface area contributed by atoms with Crippen molar-refractivity contribution in [2.24, 2.45) is 0 Å². The Morgan fingerprint density at radius 3 is 1.42 bits per heavy atom. The summed E-state index contributed by atoms with van der Waals surface area (Å²) in [5.41, 5.74) is 13.2. The summed E-state index contributed by atoms with van der Waals surface area (Å²) in [6.45, 7) is 0. The summed E-state index contributed by atoms with van der Waals surface area (Å²) in [5, 5.41) is 9.16. The largest absolute Gasteiger partial charge is 0.308 e. The zero-order valence-corrected chi connectivity index (χ0v) is 36.4. The van der Waals surface area contributed by atoms with Gasteiger partial charge in [-0.15, -0.1) is 0 Å². The van der Waals surface area contributed by atoms with E-state index in [-0.39, 0.29) is 0 Å². The van der Waals surface area contributed by atoms with Gasteiger partial charge in [0.2, 0.25) is 0 Å². The first kappa shape index (κ1) is 38.5. The van der Waals surface area contributed by atoms with Crippen molar-refractivity contribution in [2.75, 3.05) is 0 Å². The van der Waals surface area contributed by atoms with Crippen LogP contribution in [0.25, 0.3) is 127 Å². The topological polar surface area (TPSA) is 43.6 Å². The van der Waals surface area contributed by atoms with Crippen LogP contribution in [0.1, 0.15) is 0 Å². The number of benzene rings is 11. The number of hydrogen-bond acceptors (Lipinski definition) is 3. The minimum Gasteiger partial charge on any atom is -0.308 e. The molecule has 2 aromatic heterocycles. The lowest BCUT2D eigenvalue weighted by Gasteiger charge is -2.17. The average Bonchev–Trinajstić information content (AvgIpc) is 3.75. The summed E-state index contributed by atoms with van der Waals surface area (Å²) < 4.78 is 2.49. The van der Waals surface area contributed by atoms with Crippen LogP contribution in [-0.2, 0) is 0 Å². The van der Waals surface area contributed by atoms with Gasteiger partial charge in [0.25, 0.3) is 0 Å². The SMILES string of the molecule is c1ccc(-c2cc(-c3ccccc3)c3c(c2)c2c(-c4ccccc4)cccc2n3-c2ccc(-c3nc(-c4ccc5ccccc5c4)nc(-c4ccc5ccccc5c4)n3)c3ccccc23)cc1. The summed E-state index contributed by atoms with van der Waals surface area (Å²) in [6.07, 6.45) is 0. The molecule has 312 valence electrons. The van der Waals surface area contributed by atoms with Crippen molar-refractivity contribution in [3.63, 3.8) is 0 Å². The standard InChI is InChI=1S/C63H40N4/c1-4-17-41(18-5-1)50-39-55(45-23-8-3-9-24-45)60-56(40-50)59-51(44-21-6-2-7-22-44)29-16-30-58(59)67(60)57-36-35-54(52-27-14-15-28-53(52)57)63-65-61(48-33-31-42-19-10-12-25-46(42)37-48)64-62(66-63)49-34-32-43-20-11-13-26-47(43)38-49/h1-40H. The lowest BCUT2D eigenvalue weighted by molar-refractivity contribution is 1.08. The van der Waals surface area contributed by atoms with Gasteiger partial charge < -0.3 is 4.57 Å². The van der Waals surface area contributed by atoms with Gasteiger partial charge in [-0.3, -0.25) is 0 Å². The molecule has 0 bridgehead atoms. The molecule has 0 amide bonds. The zero-order chi connectivity index (χ0) is 44.3. The van der Waals surface area contributed by atoms with E-state index in [0.29, 0.717) is 17.5 Å². The quantitative estimate of drug-likeness (QED) is 0.160. The summed E-state index contributed by atoms with van der Waals surface area (Å²) >= 11 is 0. The van der Waals surface area contributed by atoms with Gasteiger partial charge in [-0.05, 0) is 97.2 Å². The second-order valence-corrected chi connectivity index (χ2v) is 17.2. The van der Waals surface area contributed by atoms with Gasteiger partial charge in [0.15, 0.2) is 17.5 Å². The van der Waals surface area contributed by atoms with Crippen LogP contribution < -0.4 is 0 Å². The Balaban J connectivity index is 1.09. The molecule has 4 heteroatoms. The van der Waals surface area contributed by atoms with Crippen molar-refractivity contribution in [1.82, 2.24) is 19.5 Å². The van der Waals surface area contributed by atoms with Crippen LogP contribution >= 0.6 is 0 Å². The molecule has 13 rings (SSSR count). The minimum absolute atomic E-state index is 0.620. The molecule has 0 spiro atoms. The first-order valence-electron chi connectivity index (χ1n) is 22.8. The molecule has 0 aliphatic rings. The Morgan fingerprint density at radius 1 is 0.269 bits per heavy atom. The van der Waals surface area contributed by atoms with Crippen molar-refractivity contribution < 1.29 is 0 Å². The highest BCUT2D eigenvalue weighted by Crippen LogP contribution is 2.46. The Bertz CT molecular complexity index is 3930. The molecule has 0 saturated heterocycles. The predicted octanol–water partition coefficient (Wildman–Crippen LogP) is 16.4. The maximum atomic E-state index is 5.32. The van der Waals surface area contributed by atoms with E-state index < -0.39 is 0 Å². The summed E-state index contributed by atoms with van der Waals surface area (Å²) in [7, 11) is 0. The van der Waals surface area contributed by atoms with E-state index in [1.807, 2.05) is 0 Å². The zero-order valence-electron chi connectivity index (χ0n) is 36.4. The van der Waals surface area contributed by atoms with Crippen LogP contribution in [0.2, 0.25) is 0 Å². The highest BCUT2D eigenvalue weighted by atomic mass is 15.0. The van der Waals surface area contributed by atoms with E-state index >= 15 is 0 Å². The molecule has 0 radical (unpaired) electrons. The molecular formula is C63H40N4. The van der Waals surface area contributed by atoms with E-state index in [1.165, 1.54) is 43.8 Å². The van der Waals surface area contributed by atoms with Gasteiger partial charge in [-0.25, -0.2) is 15.0 Å². The van der Waals surface area contributed by atoms with Gasteiger partial charge in [0.1, 0.15) is 0 Å². The molecule has 0 unspecified atom stereocenters. The van der Waals surface area contributed by atoms with E-state index in [1.54, 1.807) is 0 Å². The van der Waals surface area contributed by atoms with Gasteiger partial charge in [0, 0.05) is 38.4 Å². The van der Waals surface area contributed by atoms with Crippen molar-refractivity contribution in [1.29, 1.82) is 0 Å². The van der Waals surface area contributed by atoms with Gasteiger partial charge >= 0.3 is 0 Å². The second-order valence-electron chi connectivity index (χ2n) is 17.2. The van der Waals surface area contributed by atoms with E-state index in [2.05, 4.69) is 247 Å². The van der Waals surface area contributed by atoms with Crippen molar-refractivity contribution >= 4 is 54.1 Å². The second kappa shape index (κ2) is 15.9. The maximum absolute atomic E-state index is 5.32. The Kier molecular flexibility index (Phi) is 9.14. The maximum Gasteiger partial charge on any atom is 0.164 e. The number of nitrogens with zero attached hydrogens (tertiary/aromatic N) is 4. The van der Waals surface area contributed by atoms with Crippen LogP contribution in [0.5, 0.6) is 0 Å². The molecule has 2 heterocycles. The Morgan fingerprint density at radius 2 is 0.791 bits per heavy atom. The Labute approximate surface area is 387 Å². The van der Waals surface area contributed by atoms with Gasteiger partial charge in [0.05, 0.1) is 16.7 Å². The molecule has 4 nitrogen and oxygen atoms in total. The van der Waals surface area contributed by atoms with Gasteiger partial charge in [-0.2, -0.15) is 0 Å². The smallest absolute Gasteiger partial charge is 0.164 e. The molecule has 0 N–H and O–H groups in total. The number of rotatable bonds is 7. The van der Waals surface area contributed by atoms with E-state index in [4.69, 9.17) is 15.0 Å². The monoisotopic (exact) mass is 852 g/mol. The molecule has 0 aliphatic heterocycles. The van der Waals surface area contributed by atoms with Crippen LogP contribution in [0.3, 0.4) is 0 Å². The predicted molar refractivity (Wildman–Crippen MR) is 279 cm³/mol. The highest BCUT2D eigenvalue weighted by Gasteiger charge is 2.24. The third kappa shape index (κ3) is 6.65. The first-order valence-corrected chi connectivity index (χ1v) is 22.8. The summed E-state index contributed by atoms with van der Waals surface area (Å²) in [4.78, 5) is 15.8. The summed E-state index contributed by atoms with van der Waals surface area (Å²) in [5.74, 6) is 1.88. The van der Waals surface area contributed by atoms with Crippen molar-refractivity contribution in [3.05, 3.63) is 243 Å². The fourth-order valence-electron chi connectivity index (χ4n) is 10.0. The molecule has 0 fully saturated rings. The third-order valence-corrected chi connectivity index (χ3v) is 13.2. The highest BCUT2D eigenvalue weighted by molar-refractivity contribution is 6.21. The lowest BCUT2D eigenvalue weighted by atomic mass is 9.93. The molecular weight excluding hydrogens is 813 g/mol. The number of hydrogen-bond donors (Lipinski definition) is 0. The number of aromatic nitrogens is 4. The van der Waals surface area contributed by atoms with Crippen molar-refractivity contribution in [3.8, 4) is 73.2 Å². The van der Waals surface area contributed by atoms with Crippen LogP contribution in [0.4, 0.5) is 0 Å². The first-order chi connectivity index (χ1) is 33.2.